The second kappa shape index (κ2) is 7.42. The van der Waals surface area contributed by atoms with Crippen molar-refractivity contribution >= 4 is 29.3 Å². The van der Waals surface area contributed by atoms with Crippen LogP contribution in [-0.2, 0) is 4.79 Å². The highest BCUT2D eigenvalue weighted by Gasteiger charge is 2.24. The first-order valence-electron chi connectivity index (χ1n) is 7.11. The summed E-state index contributed by atoms with van der Waals surface area (Å²) >= 11 is 1.09. The summed E-state index contributed by atoms with van der Waals surface area (Å²) in [7, 11) is 0. The Morgan fingerprint density at radius 3 is 2.87 bits per heavy atom. The largest absolute Gasteiger partial charge is 0.366 e. The molecule has 1 aromatic carbocycles. The standard InChI is InChI=1S/C14H18N4O4S/c1-9-7-16-4-5-17(9)13(19)8-23-12-3-2-10(14(15)20)6-11(12)18(21)22/h2-3,6,9,16H,4-5,7-8H2,1H3,(H2,15,20). The molecule has 3 N–H and O–H groups in total. The fourth-order valence-corrected chi connectivity index (χ4v) is 3.26. The maximum atomic E-state index is 12.3. The van der Waals surface area contributed by atoms with E-state index in [9.17, 15) is 19.7 Å². The van der Waals surface area contributed by atoms with E-state index >= 15 is 0 Å². The molecule has 1 aromatic rings. The number of nitrogens with zero attached hydrogens (tertiary/aromatic N) is 2. The topological polar surface area (TPSA) is 119 Å². The van der Waals surface area contributed by atoms with Gasteiger partial charge in [-0.2, -0.15) is 0 Å². The predicted molar refractivity (Wildman–Crippen MR) is 86.4 cm³/mol. The first-order chi connectivity index (χ1) is 10.9. The van der Waals surface area contributed by atoms with E-state index in [0.717, 1.165) is 30.9 Å². The number of amides is 2. The smallest absolute Gasteiger partial charge is 0.283 e. The Bertz CT molecular complexity index is 637. The zero-order chi connectivity index (χ0) is 17.0. The van der Waals surface area contributed by atoms with Crippen molar-refractivity contribution in [2.75, 3.05) is 25.4 Å². The van der Waals surface area contributed by atoms with Crippen LogP contribution in [0.3, 0.4) is 0 Å². The fourth-order valence-electron chi connectivity index (χ4n) is 2.37. The number of benzene rings is 1. The third-order valence-electron chi connectivity index (χ3n) is 3.61. The van der Waals surface area contributed by atoms with Crippen LogP contribution in [0.15, 0.2) is 23.1 Å². The van der Waals surface area contributed by atoms with Crippen molar-refractivity contribution in [3.63, 3.8) is 0 Å². The predicted octanol–water partition coefficient (Wildman–Crippen LogP) is 0.606. The molecule has 23 heavy (non-hydrogen) atoms. The van der Waals surface area contributed by atoms with Crippen LogP contribution in [0.5, 0.6) is 0 Å². The number of nitrogens with one attached hydrogen (secondary N) is 1. The minimum atomic E-state index is -0.727. The van der Waals surface area contributed by atoms with E-state index in [1.54, 1.807) is 4.90 Å². The Morgan fingerprint density at radius 1 is 1.52 bits per heavy atom. The van der Waals surface area contributed by atoms with Gasteiger partial charge in [0.1, 0.15) is 0 Å². The van der Waals surface area contributed by atoms with Gasteiger partial charge in [-0.3, -0.25) is 19.7 Å². The molecular weight excluding hydrogens is 320 g/mol. The van der Waals surface area contributed by atoms with Crippen molar-refractivity contribution in [2.24, 2.45) is 5.73 Å². The van der Waals surface area contributed by atoms with Gasteiger partial charge in [0.15, 0.2) is 0 Å². The Labute approximate surface area is 137 Å². The average molecular weight is 338 g/mol. The molecule has 0 aliphatic carbocycles. The highest BCUT2D eigenvalue weighted by molar-refractivity contribution is 8.00. The first kappa shape index (κ1) is 17.2. The van der Waals surface area contributed by atoms with Crippen LogP contribution < -0.4 is 11.1 Å². The number of hydrogen-bond donors (Lipinski definition) is 2. The van der Waals surface area contributed by atoms with Crippen LogP contribution >= 0.6 is 11.8 Å². The summed E-state index contributed by atoms with van der Waals surface area (Å²) in [6.07, 6.45) is 0. The number of carbonyl (C=O) groups is 2. The van der Waals surface area contributed by atoms with Crippen molar-refractivity contribution in [3.05, 3.63) is 33.9 Å². The van der Waals surface area contributed by atoms with Gasteiger partial charge >= 0.3 is 0 Å². The van der Waals surface area contributed by atoms with Crippen molar-refractivity contribution in [1.29, 1.82) is 0 Å². The SMILES string of the molecule is CC1CNCCN1C(=O)CSc1ccc(C(N)=O)cc1[N+](=O)[O-]. The molecule has 1 aliphatic heterocycles. The number of primary amides is 1. The number of piperazine rings is 1. The lowest BCUT2D eigenvalue weighted by molar-refractivity contribution is -0.387. The van der Waals surface area contributed by atoms with Gasteiger partial charge in [-0.25, -0.2) is 0 Å². The number of hydrogen-bond acceptors (Lipinski definition) is 6. The molecule has 1 saturated heterocycles. The van der Waals surface area contributed by atoms with Crippen LogP contribution in [0.4, 0.5) is 5.69 Å². The van der Waals surface area contributed by atoms with Crippen LogP contribution in [0.2, 0.25) is 0 Å². The molecule has 0 aromatic heterocycles. The summed E-state index contributed by atoms with van der Waals surface area (Å²) in [6.45, 7) is 4.07. The molecule has 2 amide bonds. The van der Waals surface area contributed by atoms with Gasteiger partial charge < -0.3 is 16.0 Å². The molecule has 1 atom stereocenters. The summed E-state index contributed by atoms with van der Waals surface area (Å²) in [4.78, 5) is 36.1. The molecule has 124 valence electrons. The molecule has 1 heterocycles. The molecule has 8 nitrogen and oxygen atoms in total. The number of rotatable bonds is 5. The van der Waals surface area contributed by atoms with E-state index in [4.69, 9.17) is 5.73 Å². The highest BCUT2D eigenvalue weighted by Crippen LogP contribution is 2.30. The molecule has 2 rings (SSSR count). The summed E-state index contributed by atoms with van der Waals surface area (Å²) < 4.78 is 0. The zero-order valence-corrected chi connectivity index (χ0v) is 13.5. The van der Waals surface area contributed by atoms with Crippen molar-refractivity contribution < 1.29 is 14.5 Å². The highest BCUT2D eigenvalue weighted by atomic mass is 32.2. The van der Waals surface area contributed by atoms with Gasteiger partial charge in [0.05, 0.1) is 15.6 Å². The van der Waals surface area contributed by atoms with Gasteiger partial charge in [-0.15, -0.1) is 11.8 Å². The van der Waals surface area contributed by atoms with E-state index in [1.807, 2.05) is 6.92 Å². The van der Waals surface area contributed by atoms with E-state index < -0.39 is 10.8 Å². The van der Waals surface area contributed by atoms with Crippen LogP contribution in [0, 0.1) is 10.1 Å². The van der Waals surface area contributed by atoms with Crippen molar-refractivity contribution in [1.82, 2.24) is 10.2 Å². The second-order valence-electron chi connectivity index (χ2n) is 5.23. The molecule has 1 aliphatic rings. The number of carbonyl (C=O) groups excluding carboxylic acids is 2. The van der Waals surface area contributed by atoms with Crippen molar-refractivity contribution in [3.8, 4) is 0 Å². The summed E-state index contributed by atoms with van der Waals surface area (Å²) in [6, 6.07) is 4.12. The minimum absolute atomic E-state index is 0.0581. The summed E-state index contributed by atoms with van der Waals surface area (Å²) in [5.74, 6) is -0.672. The van der Waals surface area contributed by atoms with Gasteiger partial charge in [0.2, 0.25) is 11.8 Å². The van der Waals surface area contributed by atoms with E-state index in [0.29, 0.717) is 11.4 Å². The van der Waals surface area contributed by atoms with Gasteiger partial charge in [-0.05, 0) is 19.1 Å². The molecule has 1 unspecified atom stereocenters. The Kier molecular flexibility index (Phi) is 5.56. The molecular formula is C14H18N4O4S. The monoisotopic (exact) mass is 338 g/mol. The zero-order valence-electron chi connectivity index (χ0n) is 12.7. The average Bonchev–Trinajstić information content (AvgIpc) is 2.52. The van der Waals surface area contributed by atoms with Crippen LogP contribution in [0.1, 0.15) is 17.3 Å². The lowest BCUT2D eigenvalue weighted by Gasteiger charge is -2.33. The minimum Gasteiger partial charge on any atom is -0.366 e. The van der Waals surface area contributed by atoms with E-state index in [-0.39, 0.29) is 29.0 Å². The van der Waals surface area contributed by atoms with Crippen LogP contribution in [0.25, 0.3) is 0 Å². The van der Waals surface area contributed by atoms with Crippen molar-refractivity contribution in [2.45, 2.75) is 17.9 Å². The number of nitro benzene ring substituents is 1. The Morgan fingerprint density at radius 2 is 2.26 bits per heavy atom. The first-order valence-corrected chi connectivity index (χ1v) is 8.10. The van der Waals surface area contributed by atoms with Gasteiger partial charge in [0, 0.05) is 37.3 Å². The number of nitrogens with two attached hydrogens (primary N) is 1. The van der Waals surface area contributed by atoms with E-state index in [1.165, 1.54) is 12.1 Å². The lowest BCUT2D eigenvalue weighted by atomic mass is 10.2. The molecule has 0 bridgehead atoms. The second-order valence-corrected chi connectivity index (χ2v) is 6.25. The molecule has 0 saturated carbocycles. The van der Waals surface area contributed by atoms with Gasteiger partial charge in [-0.1, -0.05) is 0 Å². The molecule has 0 radical (unpaired) electrons. The number of thioether (sulfide) groups is 1. The Hall–Kier alpha value is -2.13. The Balaban J connectivity index is 2.09. The maximum absolute atomic E-state index is 12.3. The van der Waals surface area contributed by atoms with Crippen LogP contribution in [-0.4, -0.2) is 53.1 Å². The maximum Gasteiger partial charge on any atom is 0.283 e. The molecule has 1 fully saturated rings. The lowest BCUT2D eigenvalue weighted by Crippen LogP contribution is -2.52. The fraction of sp³-hybridized carbons (Fsp3) is 0.429. The van der Waals surface area contributed by atoms with Gasteiger partial charge in [0.25, 0.3) is 5.69 Å². The summed E-state index contributed by atoms with van der Waals surface area (Å²) in [5, 5.41) is 14.3. The third-order valence-corrected chi connectivity index (χ3v) is 4.66. The quantitative estimate of drug-likeness (QED) is 0.461. The normalized spacial score (nSPS) is 17.8. The number of nitro groups is 1. The summed E-state index contributed by atoms with van der Waals surface area (Å²) in [5.41, 5.74) is 4.99. The van der Waals surface area contributed by atoms with E-state index in [2.05, 4.69) is 5.32 Å². The molecule has 9 heteroatoms. The third kappa shape index (κ3) is 4.20. The molecule has 0 spiro atoms.